The number of aromatic nitrogens is 3. The number of amides is 1. The molecule has 0 atom stereocenters. The van der Waals surface area contributed by atoms with Gasteiger partial charge in [-0.2, -0.15) is 4.98 Å². The van der Waals surface area contributed by atoms with Gasteiger partial charge in [-0.15, -0.1) is 0 Å². The Kier molecular flexibility index (Phi) is 5.64. The lowest BCUT2D eigenvalue weighted by atomic mass is 9.84. The van der Waals surface area contributed by atoms with Crippen LogP contribution in [0.5, 0.6) is 0 Å². The molecule has 1 aliphatic rings. The molecule has 2 heterocycles. The van der Waals surface area contributed by atoms with Gasteiger partial charge in [0.1, 0.15) is 5.82 Å². The summed E-state index contributed by atoms with van der Waals surface area (Å²) in [5, 5.41) is 6.93. The van der Waals surface area contributed by atoms with Gasteiger partial charge in [0.25, 0.3) is 5.91 Å². The van der Waals surface area contributed by atoms with Crippen molar-refractivity contribution in [3.63, 3.8) is 0 Å². The fourth-order valence-corrected chi connectivity index (χ4v) is 3.80. The first-order valence-corrected chi connectivity index (χ1v) is 9.89. The van der Waals surface area contributed by atoms with Gasteiger partial charge in [-0.3, -0.25) is 9.78 Å². The summed E-state index contributed by atoms with van der Waals surface area (Å²) in [6.07, 6.45) is 6.23. The molecule has 0 saturated heterocycles. The van der Waals surface area contributed by atoms with Gasteiger partial charge in [-0.25, -0.2) is 4.39 Å². The smallest absolute Gasteiger partial charge is 0.253 e. The minimum Gasteiger partial charge on any atom is -0.349 e. The fourth-order valence-electron chi connectivity index (χ4n) is 3.80. The number of carbonyl (C=O) groups is 1. The van der Waals surface area contributed by atoms with Crippen LogP contribution in [0.25, 0.3) is 11.3 Å². The maximum Gasteiger partial charge on any atom is 0.253 e. The van der Waals surface area contributed by atoms with Crippen molar-refractivity contribution in [2.45, 2.75) is 45.1 Å². The Morgan fingerprint density at radius 1 is 1.21 bits per heavy atom. The lowest BCUT2D eigenvalue weighted by Crippen LogP contribution is -2.38. The van der Waals surface area contributed by atoms with E-state index in [2.05, 4.69) is 20.4 Å². The normalized spacial score (nSPS) is 19.1. The van der Waals surface area contributed by atoms with Gasteiger partial charge < -0.3 is 9.84 Å². The molecule has 4 rings (SSSR count). The number of hydrogen-bond acceptors (Lipinski definition) is 5. The molecule has 2 aromatic heterocycles. The summed E-state index contributed by atoms with van der Waals surface area (Å²) in [5.74, 6) is 1.43. The van der Waals surface area contributed by atoms with E-state index in [1.54, 1.807) is 30.5 Å². The van der Waals surface area contributed by atoms with Gasteiger partial charge in [0.05, 0.1) is 11.3 Å². The molecule has 0 spiro atoms. The minimum absolute atomic E-state index is 0.126. The summed E-state index contributed by atoms with van der Waals surface area (Å²) in [5.41, 5.74) is 1.83. The van der Waals surface area contributed by atoms with E-state index in [-0.39, 0.29) is 17.8 Å². The summed E-state index contributed by atoms with van der Waals surface area (Å²) in [6, 6.07) is 9.88. The highest BCUT2D eigenvalue weighted by Gasteiger charge is 2.24. The molecule has 29 heavy (non-hydrogen) atoms. The van der Waals surface area contributed by atoms with Crippen LogP contribution in [0.2, 0.25) is 0 Å². The van der Waals surface area contributed by atoms with Crippen LogP contribution in [-0.2, 0) is 6.42 Å². The first-order chi connectivity index (χ1) is 14.1. The summed E-state index contributed by atoms with van der Waals surface area (Å²) < 4.78 is 18.6. The number of hydrogen-bond donors (Lipinski definition) is 1. The monoisotopic (exact) mass is 394 g/mol. The third-order valence-corrected chi connectivity index (χ3v) is 5.36. The molecule has 7 heteroatoms. The van der Waals surface area contributed by atoms with Crippen molar-refractivity contribution in [1.82, 2.24) is 20.4 Å². The summed E-state index contributed by atoms with van der Waals surface area (Å²) in [7, 11) is 0. The molecule has 1 aliphatic carbocycles. The summed E-state index contributed by atoms with van der Waals surface area (Å²) in [4.78, 5) is 21.1. The average Bonchev–Trinajstić information content (AvgIpc) is 3.14. The Morgan fingerprint density at radius 3 is 2.69 bits per heavy atom. The predicted octanol–water partition coefficient (Wildman–Crippen LogP) is 4.11. The molecule has 3 aromatic rings. The van der Waals surface area contributed by atoms with Crippen molar-refractivity contribution in [3.8, 4) is 11.3 Å². The predicted molar refractivity (Wildman–Crippen MR) is 106 cm³/mol. The molecule has 0 bridgehead atoms. The number of halogens is 1. The second kappa shape index (κ2) is 8.51. The maximum absolute atomic E-state index is 13.4. The van der Waals surface area contributed by atoms with Crippen LogP contribution < -0.4 is 5.32 Å². The van der Waals surface area contributed by atoms with E-state index in [1.165, 1.54) is 12.1 Å². The van der Waals surface area contributed by atoms with Gasteiger partial charge in [0, 0.05) is 24.2 Å². The van der Waals surface area contributed by atoms with Crippen molar-refractivity contribution in [2.75, 3.05) is 0 Å². The number of nitrogens with one attached hydrogen (secondary N) is 1. The van der Waals surface area contributed by atoms with Gasteiger partial charge in [0.15, 0.2) is 5.82 Å². The molecule has 1 amide bonds. The van der Waals surface area contributed by atoms with Crippen molar-refractivity contribution < 1.29 is 13.7 Å². The Hall–Kier alpha value is -3.09. The van der Waals surface area contributed by atoms with Crippen LogP contribution in [0, 0.1) is 18.7 Å². The van der Waals surface area contributed by atoms with E-state index in [0.29, 0.717) is 34.5 Å². The molecule has 0 unspecified atom stereocenters. The zero-order valence-corrected chi connectivity index (χ0v) is 16.3. The minimum atomic E-state index is -0.309. The Bertz CT molecular complexity index is 978. The molecule has 1 fully saturated rings. The topological polar surface area (TPSA) is 80.9 Å². The van der Waals surface area contributed by atoms with Crippen molar-refractivity contribution in [1.29, 1.82) is 0 Å². The molecule has 1 aromatic carbocycles. The lowest BCUT2D eigenvalue weighted by Gasteiger charge is -2.28. The molecule has 0 aliphatic heterocycles. The second-order valence-corrected chi connectivity index (χ2v) is 7.57. The van der Waals surface area contributed by atoms with Crippen LogP contribution in [0.3, 0.4) is 0 Å². The average molecular weight is 394 g/mol. The first kappa shape index (κ1) is 19.2. The number of aryl methyl sites for hydroxylation is 1. The fraction of sp³-hybridized carbons (Fsp3) is 0.364. The van der Waals surface area contributed by atoms with Crippen molar-refractivity contribution in [2.24, 2.45) is 5.92 Å². The number of pyridine rings is 1. The first-order valence-electron chi connectivity index (χ1n) is 9.89. The molecular formula is C22H23FN4O2. The van der Waals surface area contributed by atoms with E-state index in [1.807, 2.05) is 6.92 Å². The van der Waals surface area contributed by atoms with E-state index < -0.39 is 0 Å². The van der Waals surface area contributed by atoms with E-state index >= 15 is 0 Å². The Balaban J connectivity index is 1.29. The molecule has 150 valence electrons. The SMILES string of the molecule is Cc1noc(CC2CCC(NC(=O)c3ccc(-c4cccc(F)c4)nc3)CC2)n1. The highest BCUT2D eigenvalue weighted by Crippen LogP contribution is 2.27. The van der Waals surface area contributed by atoms with E-state index in [9.17, 15) is 9.18 Å². The molecular weight excluding hydrogens is 371 g/mol. The van der Waals surface area contributed by atoms with Gasteiger partial charge in [0.2, 0.25) is 5.89 Å². The number of rotatable bonds is 5. The van der Waals surface area contributed by atoms with Crippen LogP contribution in [-0.4, -0.2) is 27.1 Å². The van der Waals surface area contributed by atoms with Crippen LogP contribution in [0.1, 0.15) is 47.8 Å². The molecule has 1 saturated carbocycles. The van der Waals surface area contributed by atoms with Gasteiger partial charge >= 0.3 is 0 Å². The largest absolute Gasteiger partial charge is 0.349 e. The molecule has 1 N–H and O–H groups in total. The number of benzene rings is 1. The lowest BCUT2D eigenvalue weighted by molar-refractivity contribution is 0.0920. The highest BCUT2D eigenvalue weighted by molar-refractivity contribution is 5.94. The van der Waals surface area contributed by atoms with Gasteiger partial charge in [-0.05, 0) is 62.8 Å². The second-order valence-electron chi connectivity index (χ2n) is 7.57. The third-order valence-electron chi connectivity index (χ3n) is 5.36. The zero-order chi connectivity index (χ0) is 20.2. The van der Waals surface area contributed by atoms with E-state index in [0.717, 1.165) is 32.1 Å². The quantitative estimate of drug-likeness (QED) is 0.704. The molecule has 6 nitrogen and oxygen atoms in total. The zero-order valence-electron chi connectivity index (χ0n) is 16.3. The number of carbonyl (C=O) groups excluding carboxylic acids is 1. The third kappa shape index (κ3) is 4.85. The summed E-state index contributed by atoms with van der Waals surface area (Å²) in [6.45, 7) is 1.82. The van der Waals surface area contributed by atoms with Crippen molar-refractivity contribution >= 4 is 5.91 Å². The van der Waals surface area contributed by atoms with Crippen molar-refractivity contribution in [3.05, 3.63) is 65.7 Å². The number of nitrogens with zero attached hydrogens (tertiary/aromatic N) is 3. The van der Waals surface area contributed by atoms with Crippen LogP contribution in [0.15, 0.2) is 47.1 Å². The standard InChI is InChI=1S/C22H23FN4O2/c1-14-25-21(29-27-14)11-15-5-8-19(9-6-15)26-22(28)17-7-10-20(24-13-17)16-3-2-4-18(23)12-16/h2-4,7,10,12-13,15,19H,5-6,8-9,11H2,1H3,(H,26,28). The van der Waals surface area contributed by atoms with Crippen LogP contribution in [0.4, 0.5) is 4.39 Å². The van der Waals surface area contributed by atoms with E-state index in [4.69, 9.17) is 4.52 Å². The van der Waals surface area contributed by atoms with Gasteiger partial charge in [-0.1, -0.05) is 17.3 Å². The van der Waals surface area contributed by atoms with Crippen LogP contribution >= 0.6 is 0 Å². The summed E-state index contributed by atoms with van der Waals surface area (Å²) >= 11 is 0. The highest BCUT2D eigenvalue weighted by atomic mass is 19.1. The molecule has 0 radical (unpaired) electrons. The Labute approximate surface area is 168 Å². The maximum atomic E-state index is 13.4. The Morgan fingerprint density at radius 2 is 2.03 bits per heavy atom.